The molecular weight excluding hydrogens is 266 g/mol. The number of fused-ring (bicyclic) bond motifs is 1. The minimum absolute atomic E-state index is 0. The van der Waals surface area contributed by atoms with Crippen LogP contribution in [0.4, 0.5) is 5.82 Å². The Labute approximate surface area is 116 Å². The van der Waals surface area contributed by atoms with Crippen molar-refractivity contribution in [2.24, 2.45) is 0 Å². The van der Waals surface area contributed by atoms with Gasteiger partial charge in [0.1, 0.15) is 12.1 Å². The Morgan fingerprint density at radius 2 is 1.95 bits per heavy atom. The van der Waals surface area contributed by atoms with Crippen LogP contribution in [0.3, 0.4) is 0 Å². The predicted molar refractivity (Wildman–Crippen MR) is 75.2 cm³/mol. The van der Waals surface area contributed by atoms with Gasteiger partial charge < -0.3 is 10.0 Å². The molecule has 0 unspecified atom stereocenters. The first-order valence-electron chi connectivity index (χ1n) is 5.99. The highest BCUT2D eigenvalue weighted by molar-refractivity contribution is 6.07. The molecule has 0 bridgehead atoms. The molecule has 1 saturated heterocycles. The maximum absolute atomic E-state index is 11.3. The predicted octanol–water partition coefficient (Wildman–Crippen LogP) is 2.35. The molecule has 0 spiro atoms. The van der Waals surface area contributed by atoms with E-state index in [9.17, 15) is 9.90 Å². The van der Waals surface area contributed by atoms with E-state index in [1.165, 1.54) is 6.33 Å². The lowest BCUT2D eigenvalue weighted by Gasteiger charge is -2.18. The molecule has 1 aromatic heterocycles. The maximum atomic E-state index is 11.3. The molecule has 0 atom stereocenters. The van der Waals surface area contributed by atoms with E-state index in [-0.39, 0.29) is 18.0 Å². The van der Waals surface area contributed by atoms with Crippen molar-refractivity contribution in [3.63, 3.8) is 0 Å². The molecule has 1 aromatic carbocycles. The second-order valence-corrected chi connectivity index (χ2v) is 4.40. The fourth-order valence-corrected chi connectivity index (χ4v) is 2.44. The van der Waals surface area contributed by atoms with Gasteiger partial charge in [0.15, 0.2) is 0 Å². The summed E-state index contributed by atoms with van der Waals surface area (Å²) in [6.07, 6.45) is 3.75. The van der Waals surface area contributed by atoms with Crippen molar-refractivity contribution in [2.45, 2.75) is 12.8 Å². The van der Waals surface area contributed by atoms with Gasteiger partial charge in [0.2, 0.25) is 0 Å². The van der Waals surface area contributed by atoms with Gasteiger partial charge >= 0.3 is 5.97 Å². The summed E-state index contributed by atoms with van der Waals surface area (Å²) in [7, 11) is 0. The number of halogens is 1. The zero-order valence-electron chi connectivity index (χ0n) is 10.2. The third-order valence-corrected chi connectivity index (χ3v) is 3.28. The second-order valence-electron chi connectivity index (χ2n) is 4.40. The summed E-state index contributed by atoms with van der Waals surface area (Å²) in [5, 5.41) is 9.92. The van der Waals surface area contributed by atoms with Crippen molar-refractivity contribution in [3.05, 3.63) is 30.1 Å². The lowest BCUT2D eigenvalue weighted by atomic mass is 10.1. The molecule has 5 nitrogen and oxygen atoms in total. The number of nitrogens with zero attached hydrogens (tertiary/aromatic N) is 3. The molecule has 2 heterocycles. The van der Waals surface area contributed by atoms with Crippen LogP contribution in [0, 0.1) is 0 Å². The first kappa shape index (κ1) is 13.5. The number of anilines is 1. The van der Waals surface area contributed by atoms with Crippen LogP contribution in [0.25, 0.3) is 10.9 Å². The van der Waals surface area contributed by atoms with Gasteiger partial charge in [0.05, 0.1) is 16.5 Å². The Bertz CT molecular complexity index is 607. The Hall–Kier alpha value is -1.88. The summed E-state index contributed by atoms with van der Waals surface area (Å²) in [6, 6.07) is 5.14. The summed E-state index contributed by atoms with van der Waals surface area (Å²) in [6.45, 7) is 1.86. The van der Waals surface area contributed by atoms with Crippen molar-refractivity contribution in [3.8, 4) is 0 Å². The smallest absolute Gasteiger partial charge is 0.336 e. The number of rotatable bonds is 2. The molecule has 100 valence electrons. The molecule has 1 fully saturated rings. The normalized spacial score (nSPS) is 14.4. The van der Waals surface area contributed by atoms with Crippen molar-refractivity contribution >= 4 is 35.1 Å². The molecule has 0 saturated carbocycles. The minimum Gasteiger partial charge on any atom is -0.478 e. The van der Waals surface area contributed by atoms with E-state index in [2.05, 4.69) is 14.9 Å². The highest BCUT2D eigenvalue weighted by Gasteiger charge is 2.20. The van der Waals surface area contributed by atoms with Crippen LogP contribution in [-0.2, 0) is 0 Å². The molecule has 2 aromatic rings. The van der Waals surface area contributed by atoms with Crippen LogP contribution in [0.5, 0.6) is 0 Å². The quantitative estimate of drug-likeness (QED) is 0.914. The molecule has 1 aliphatic heterocycles. The number of carboxylic acids is 1. The van der Waals surface area contributed by atoms with E-state index in [0.717, 1.165) is 31.7 Å². The zero-order chi connectivity index (χ0) is 12.5. The SMILES string of the molecule is Cl.O=C(O)c1cccc2ncnc(N3CCCC3)c12. The van der Waals surface area contributed by atoms with Crippen LogP contribution in [0.1, 0.15) is 23.2 Å². The largest absolute Gasteiger partial charge is 0.478 e. The molecule has 1 aliphatic rings. The van der Waals surface area contributed by atoms with Crippen LogP contribution >= 0.6 is 12.4 Å². The number of aromatic nitrogens is 2. The van der Waals surface area contributed by atoms with E-state index >= 15 is 0 Å². The zero-order valence-corrected chi connectivity index (χ0v) is 11.1. The van der Waals surface area contributed by atoms with Gasteiger partial charge in [0, 0.05) is 13.1 Å². The van der Waals surface area contributed by atoms with Gasteiger partial charge in [-0.3, -0.25) is 0 Å². The first-order valence-corrected chi connectivity index (χ1v) is 5.99. The molecule has 0 aliphatic carbocycles. The van der Waals surface area contributed by atoms with E-state index in [1.54, 1.807) is 12.1 Å². The monoisotopic (exact) mass is 279 g/mol. The van der Waals surface area contributed by atoms with Gasteiger partial charge in [-0.15, -0.1) is 12.4 Å². The van der Waals surface area contributed by atoms with Crippen LogP contribution in [0.2, 0.25) is 0 Å². The lowest BCUT2D eigenvalue weighted by Crippen LogP contribution is -2.20. The van der Waals surface area contributed by atoms with Gasteiger partial charge in [-0.25, -0.2) is 14.8 Å². The van der Waals surface area contributed by atoms with Crippen molar-refractivity contribution in [2.75, 3.05) is 18.0 Å². The first-order chi connectivity index (χ1) is 8.77. The van der Waals surface area contributed by atoms with Crippen LogP contribution < -0.4 is 4.90 Å². The summed E-state index contributed by atoms with van der Waals surface area (Å²) in [4.78, 5) is 21.9. The Balaban J connectivity index is 0.00000133. The van der Waals surface area contributed by atoms with Crippen LogP contribution in [-0.4, -0.2) is 34.1 Å². The van der Waals surface area contributed by atoms with Gasteiger partial charge in [-0.05, 0) is 25.0 Å². The van der Waals surface area contributed by atoms with Gasteiger partial charge in [-0.1, -0.05) is 6.07 Å². The summed E-state index contributed by atoms with van der Waals surface area (Å²) >= 11 is 0. The molecule has 0 radical (unpaired) electrons. The van der Waals surface area contributed by atoms with Crippen molar-refractivity contribution in [1.82, 2.24) is 9.97 Å². The topological polar surface area (TPSA) is 66.3 Å². The molecule has 19 heavy (non-hydrogen) atoms. The van der Waals surface area contributed by atoms with Crippen molar-refractivity contribution in [1.29, 1.82) is 0 Å². The number of hydrogen-bond acceptors (Lipinski definition) is 4. The molecule has 0 amide bonds. The van der Waals surface area contributed by atoms with Crippen molar-refractivity contribution < 1.29 is 9.90 Å². The van der Waals surface area contributed by atoms with Gasteiger partial charge in [-0.2, -0.15) is 0 Å². The Morgan fingerprint density at radius 1 is 1.21 bits per heavy atom. The van der Waals surface area contributed by atoms with E-state index < -0.39 is 5.97 Å². The number of hydrogen-bond donors (Lipinski definition) is 1. The highest BCUT2D eigenvalue weighted by Crippen LogP contribution is 2.28. The summed E-state index contributed by atoms with van der Waals surface area (Å²) in [5.41, 5.74) is 0.960. The summed E-state index contributed by atoms with van der Waals surface area (Å²) in [5.74, 6) is -0.189. The Kier molecular flexibility index (Phi) is 3.85. The number of benzene rings is 1. The molecule has 6 heteroatoms. The third-order valence-electron chi connectivity index (χ3n) is 3.28. The maximum Gasteiger partial charge on any atom is 0.336 e. The van der Waals surface area contributed by atoms with Gasteiger partial charge in [0.25, 0.3) is 0 Å². The number of carbonyl (C=O) groups is 1. The third kappa shape index (κ3) is 2.33. The fraction of sp³-hybridized carbons (Fsp3) is 0.308. The average molecular weight is 280 g/mol. The fourth-order valence-electron chi connectivity index (χ4n) is 2.44. The standard InChI is InChI=1S/C13H13N3O2.ClH/c17-13(18)9-4-3-5-10-11(9)12(15-8-14-10)16-6-1-2-7-16;/h3-5,8H,1-2,6-7H2,(H,17,18);1H. The van der Waals surface area contributed by atoms with E-state index in [1.807, 2.05) is 6.07 Å². The molecule has 3 rings (SSSR count). The van der Waals surface area contributed by atoms with E-state index in [0.29, 0.717) is 10.9 Å². The van der Waals surface area contributed by atoms with E-state index in [4.69, 9.17) is 0 Å². The number of aromatic carboxylic acids is 1. The van der Waals surface area contributed by atoms with Crippen LogP contribution in [0.15, 0.2) is 24.5 Å². The molecule has 1 N–H and O–H groups in total. The highest BCUT2D eigenvalue weighted by atomic mass is 35.5. The number of carboxylic acid groups (broad SMARTS) is 1. The lowest BCUT2D eigenvalue weighted by molar-refractivity contribution is 0.0699. The minimum atomic E-state index is -0.934. The summed E-state index contributed by atoms with van der Waals surface area (Å²) < 4.78 is 0. The average Bonchev–Trinajstić information content (AvgIpc) is 2.91. The Morgan fingerprint density at radius 3 is 2.63 bits per heavy atom. The molecular formula is C13H14ClN3O2. The second kappa shape index (κ2) is 5.40.